The SMILES string of the molecule is CCCOC(=O)C1=C(C)Nc2nc(SCC)nn2C1c1ccc(OCc2ccc(C)cc2)cc1. The van der Waals surface area contributed by atoms with Crippen LogP contribution < -0.4 is 10.1 Å². The lowest BCUT2D eigenvalue weighted by Crippen LogP contribution is -2.29. The van der Waals surface area contributed by atoms with Gasteiger partial charge in [0.2, 0.25) is 11.1 Å². The van der Waals surface area contributed by atoms with Crippen LogP contribution in [0.5, 0.6) is 5.75 Å². The monoisotopic (exact) mass is 478 g/mol. The normalized spacial score (nSPS) is 15.0. The van der Waals surface area contributed by atoms with Crippen LogP contribution in [0.25, 0.3) is 0 Å². The van der Waals surface area contributed by atoms with Crippen LogP contribution >= 0.6 is 11.8 Å². The van der Waals surface area contributed by atoms with E-state index in [0.717, 1.165) is 34.7 Å². The van der Waals surface area contributed by atoms with Crippen molar-refractivity contribution in [1.82, 2.24) is 14.8 Å². The van der Waals surface area contributed by atoms with E-state index in [1.165, 1.54) is 5.56 Å². The first-order valence-corrected chi connectivity index (χ1v) is 12.5. The number of carbonyl (C=O) groups is 1. The number of allylic oxidation sites excluding steroid dienone is 1. The maximum Gasteiger partial charge on any atom is 0.338 e. The summed E-state index contributed by atoms with van der Waals surface area (Å²) in [5.74, 6) is 1.89. The van der Waals surface area contributed by atoms with Gasteiger partial charge < -0.3 is 14.8 Å². The summed E-state index contributed by atoms with van der Waals surface area (Å²) < 4.78 is 13.3. The highest BCUT2D eigenvalue weighted by Gasteiger charge is 2.35. The standard InChI is InChI=1S/C26H30N4O3S/c1-5-15-32-24(31)22-18(4)27-25-28-26(34-6-2)29-30(25)23(22)20-11-13-21(14-12-20)33-16-19-9-7-17(3)8-10-19/h7-14,23H,5-6,15-16H2,1-4H3,(H,27,28,29). The number of hydrogen-bond donors (Lipinski definition) is 1. The first-order chi connectivity index (χ1) is 16.5. The van der Waals surface area contributed by atoms with Crippen molar-refractivity contribution in [2.75, 3.05) is 17.7 Å². The summed E-state index contributed by atoms with van der Waals surface area (Å²) in [4.78, 5) is 17.6. The second kappa shape index (κ2) is 10.8. The molecule has 1 unspecified atom stereocenters. The van der Waals surface area contributed by atoms with Crippen molar-refractivity contribution in [2.45, 2.75) is 51.9 Å². The molecule has 1 aromatic heterocycles. The van der Waals surface area contributed by atoms with E-state index in [4.69, 9.17) is 9.47 Å². The van der Waals surface area contributed by atoms with E-state index in [1.54, 1.807) is 16.4 Å². The van der Waals surface area contributed by atoms with Gasteiger partial charge in [0.25, 0.3) is 0 Å². The molecule has 0 amide bonds. The van der Waals surface area contributed by atoms with Gasteiger partial charge in [-0.2, -0.15) is 4.98 Å². The molecule has 1 N–H and O–H groups in total. The molecule has 178 valence electrons. The molecule has 2 heterocycles. The van der Waals surface area contributed by atoms with Crippen LogP contribution in [0.3, 0.4) is 0 Å². The Morgan fingerprint density at radius 2 is 1.82 bits per heavy atom. The van der Waals surface area contributed by atoms with Gasteiger partial charge in [-0.05, 0) is 49.3 Å². The zero-order valence-corrected chi connectivity index (χ0v) is 20.8. The number of carbonyl (C=O) groups excluding carboxylic acids is 1. The summed E-state index contributed by atoms with van der Waals surface area (Å²) >= 11 is 1.56. The third-order valence-corrected chi connectivity index (χ3v) is 6.21. The highest BCUT2D eigenvalue weighted by atomic mass is 32.2. The third-order valence-electron chi connectivity index (χ3n) is 5.49. The van der Waals surface area contributed by atoms with Crippen LogP contribution in [0.15, 0.2) is 65.0 Å². The second-order valence-corrected chi connectivity index (χ2v) is 9.37. The van der Waals surface area contributed by atoms with Crippen molar-refractivity contribution < 1.29 is 14.3 Å². The van der Waals surface area contributed by atoms with Crippen molar-refractivity contribution >= 4 is 23.7 Å². The summed E-state index contributed by atoms with van der Waals surface area (Å²) in [6, 6.07) is 15.6. The molecule has 0 fully saturated rings. The maximum absolute atomic E-state index is 13.0. The topological polar surface area (TPSA) is 78.3 Å². The predicted octanol–water partition coefficient (Wildman–Crippen LogP) is 5.52. The summed E-state index contributed by atoms with van der Waals surface area (Å²) in [7, 11) is 0. The first-order valence-electron chi connectivity index (χ1n) is 11.5. The molecule has 0 spiro atoms. The summed E-state index contributed by atoms with van der Waals surface area (Å²) in [5, 5.41) is 8.58. The lowest BCUT2D eigenvalue weighted by Gasteiger charge is -2.28. The molecule has 1 aliphatic heterocycles. The average molecular weight is 479 g/mol. The third kappa shape index (κ3) is 5.28. The maximum atomic E-state index is 13.0. The Labute approximate surface area is 204 Å². The van der Waals surface area contributed by atoms with Gasteiger partial charge >= 0.3 is 5.97 Å². The molecule has 34 heavy (non-hydrogen) atoms. The van der Waals surface area contributed by atoms with Crippen molar-refractivity contribution in [3.8, 4) is 5.75 Å². The Bertz CT molecular complexity index is 1170. The molecular formula is C26H30N4O3S. The number of thioether (sulfide) groups is 1. The fourth-order valence-electron chi connectivity index (χ4n) is 3.76. The van der Waals surface area contributed by atoms with Crippen molar-refractivity contribution in [1.29, 1.82) is 0 Å². The summed E-state index contributed by atoms with van der Waals surface area (Å²) in [6.45, 7) is 8.84. The average Bonchev–Trinajstić information content (AvgIpc) is 3.23. The summed E-state index contributed by atoms with van der Waals surface area (Å²) in [6.07, 6.45) is 0.759. The molecule has 4 rings (SSSR count). The fraction of sp³-hybridized carbons (Fsp3) is 0.346. The van der Waals surface area contributed by atoms with Gasteiger partial charge in [0.1, 0.15) is 18.4 Å². The zero-order valence-electron chi connectivity index (χ0n) is 20.0. The molecule has 0 saturated heterocycles. The van der Waals surface area contributed by atoms with Crippen LogP contribution in [0, 0.1) is 6.92 Å². The molecule has 0 saturated carbocycles. The fourth-order valence-corrected chi connectivity index (χ4v) is 4.32. The van der Waals surface area contributed by atoms with Crippen LogP contribution in [-0.2, 0) is 16.1 Å². The second-order valence-electron chi connectivity index (χ2n) is 8.14. The molecule has 7 nitrogen and oxygen atoms in total. The number of nitrogens with zero attached hydrogens (tertiary/aromatic N) is 3. The first kappa shape index (κ1) is 23.9. The quantitative estimate of drug-likeness (QED) is 0.320. The van der Waals surface area contributed by atoms with Crippen LogP contribution in [0.1, 0.15) is 49.9 Å². The number of benzene rings is 2. The zero-order chi connectivity index (χ0) is 24.1. The number of rotatable bonds is 9. The summed E-state index contributed by atoms with van der Waals surface area (Å²) in [5.41, 5.74) is 4.50. The Morgan fingerprint density at radius 1 is 1.09 bits per heavy atom. The smallest absolute Gasteiger partial charge is 0.338 e. The Morgan fingerprint density at radius 3 is 2.50 bits per heavy atom. The van der Waals surface area contributed by atoms with E-state index in [1.807, 2.05) is 38.1 Å². The molecule has 0 aliphatic carbocycles. The number of esters is 1. The lowest BCUT2D eigenvalue weighted by molar-refractivity contribution is -0.139. The molecule has 8 heteroatoms. The molecule has 2 aromatic carbocycles. The van der Waals surface area contributed by atoms with E-state index < -0.39 is 6.04 Å². The van der Waals surface area contributed by atoms with Gasteiger partial charge in [-0.25, -0.2) is 9.48 Å². The van der Waals surface area contributed by atoms with Crippen LogP contribution in [0.2, 0.25) is 0 Å². The molecule has 1 aliphatic rings. The highest BCUT2D eigenvalue weighted by molar-refractivity contribution is 7.99. The minimum absolute atomic E-state index is 0.345. The van der Waals surface area contributed by atoms with Crippen LogP contribution in [0.4, 0.5) is 5.95 Å². The minimum atomic E-state index is -0.439. The number of aromatic nitrogens is 3. The van der Waals surface area contributed by atoms with Crippen molar-refractivity contribution in [3.05, 3.63) is 76.5 Å². The van der Waals surface area contributed by atoms with Gasteiger partial charge in [0.05, 0.1) is 12.2 Å². The van der Waals surface area contributed by atoms with Gasteiger partial charge in [0, 0.05) is 5.70 Å². The number of nitrogens with one attached hydrogen (secondary N) is 1. The Hall–Kier alpha value is -3.26. The van der Waals surface area contributed by atoms with Gasteiger partial charge in [-0.15, -0.1) is 5.10 Å². The highest BCUT2D eigenvalue weighted by Crippen LogP contribution is 2.37. The van der Waals surface area contributed by atoms with E-state index in [0.29, 0.717) is 29.9 Å². The van der Waals surface area contributed by atoms with E-state index in [9.17, 15) is 4.79 Å². The molecule has 0 bridgehead atoms. The van der Waals surface area contributed by atoms with E-state index in [2.05, 4.69) is 53.5 Å². The number of anilines is 1. The number of hydrogen-bond acceptors (Lipinski definition) is 7. The molecule has 0 radical (unpaired) electrons. The number of fused-ring (bicyclic) bond motifs is 1. The van der Waals surface area contributed by atoms with Crippen molar-refractivity contribution in [2.24, 2.45) is 0 Å². The van der Waals surface area contributed by atoms with E-state index in [-0.39, 0.29) is 5.97 Å². The largest absolute Gasteiger partial charge is 0.489 e. The van der Waals surface area contributed by atoms with E-state index >= 15 is 0 Å². The molecule has 1 atom stereocenters. The molecular weight excluding hydrogens is 448 g/mol. The van der Waals surface area contributed by atoms with Crippen LogP contribution in [-0.4, -0.2) is 33.1 Å². The Balaban J connectivity index is 1.62. The van der Waals surface area contributed by atoms with Gasteiger partial charge in [-0.3, -0.25) is 0 Å². The molecule has 3 aromatic rings. The van der Waals surface area contributed by atoms with Crippen molar-refractivity contribution in [3.63, 3.8) is 0 Å². The predicted molar refractivity (Wildman–Crippen MR) is 134 cm³/mol. The lowest BCUT2D eigenvalue weighted by atomic mass is 9.96. The Kier molecular flexibility index (Phi) is 7.57. The number of ether oxygens (including phenoxy) is 2. The number of aryl methyl sites for hydroxylation is 1. The van der Waals surface area contributed by atoms with Gasteiger partial charge in [-0.1, -0.05) is 67.6 Å². The minimum Gasteiger partial charge on any atom is -0.489 e. The van der Waals surface area contributed by atoms with Gasteiger partial charge in [0.15, 0.2) is 0 Å².